The van der Waals surface area contributed by atoms with Gasteiger partial charge in [-0.2, -0.15) is 0 Å². The molecule has 0 saturated heterocycles. The molecule has 3 heteroatoms. The minimum Gasteiger partial charge on any atom is -0.354 e. The predicted octanol–water partition coefficient (Wildman–Crippen LogP) is 1.93. The Morgan fingerprint density at radius 1 is 1.25 bits per heavy atom. The zero-order chi connectivity index (χ0) is 11.5. The average Bonchev–Trinajstić information content (AvgIpc) is 2.34. The summed E-state index contributed by atoms with van der Waals surface area (Å²) in [5.74, 6) is 0. The van der Waals surface area contributed by atoms with E-state index in [1.165, 1.54) is 5.56 Å². The van der Waals surface area contributed by atoms with Crippen molar-refractivity contribution in [1.29, 1.82) is 0 Å². The van der Waals surface area contributed by atoms with Crippen LogP contribution in [0.15, 0.2) is 48.1 Å². The molecule has 16 heavy (non-hydrogen) atoms. The van der Waals surface area contributed by atoms with Crippen molar-refractivity contribution in [3.8, 4) is 0 Å². The third kappa shape index (κ3) is 5.98. The minimum atomic E-state index is 0.836. The molecule has 0 aromatic heterocycles. The first-order chi connectivity index (χ1) is 7.93. The van der Waals surface area contributed by atoms with Crippen molar-refractivity contribution in [1.82, 2.24) is 10.6 Å². The van der Waals surface area contributed by atoms with E-state index in [9.17, 15) is 0 Å². The Labute approximate surface area is 97.3 Å². The maximum atomic E-state index is 4.16. The molecule has 0 aliphatic rings. The molecule has 3 nitrogen and oxygen atoms in total. The van der Waals surface area contributed by atoms with Gasteiger partial charge >= 0.3 is 0 Å². The molecule has 86 valence electrons. The maximum absolute atomic E-state index is 4.16. The zero-order valence-electron chi connectivity index (χ0n) is 9.52. The molecule has 0 atom stereocenters. The summed E-state index contributed by atoms with van der Waals surface area (Å²) in [5, 5.41) is 6.19. The lowest BCUT2D eigenvalue weighted by atomic mass is 10.2. The number of nitrogens with zero attached hydrogens (tertiary/aromatic N) is 1. The Kier molecular flexibility index (Phi) is 6.76. The van der Waals surface area contributed by atoms with E-state index in [1.807, 2.05) is 6.07 Å². The fourth-order valence-electron chi connectivity index (χ4n) is 1.29. The van der Waals surface area contributed by atoms with Gasteiger partial charge in [-0.25, -0.2) is 0 Å². The summed E-state index contributed by atoms with van der Waals surface area (Å²) in [4.78, 5) is 4.16. The van der Waals surface area contributed by atoms with Gasteiger partial charge in [-0.15, -0.1) is 0 Å². The SMILES string of the molecule is C=CNC=NCCCNCc1ccccc1. The van der Waals surface area contributed by atoms with Gasteiger partial charge < -0.3 is 10.6 Å². The molecule has 0 heterocycles. The molecule has 0 amide bonds. The van der Waals surface area contributed by atoms with Gasteiger partial charge in [0.2, 0.25) is 0 Å². The summed E-state index contributed by atoms with van der Waals surface area (Å²) in [6.45, 7) is 6.28. The summed E-state index contributed by atoms with van der Waals surface area (Å²) < 4.78 is 0. The second-order valence-corrected chi connectivity index (χ2v) is 3.42. The van der Waals surface area contributed by atoms with Crippen LogP contribution in [0, 0.1) is 0 Å². The second kappa shape index (κ2) is 8.68. The number of benzene rings is 1. The van der Waals surface area contributed by atoms with E-state index in [1.54, 1.807) is 12.5 Å². The highest BCUT2D eigenvalue weighted by atomic mass is 14.9. The highest BCUT2D eigenvalue weighted by molar-refractivity contribution is 5.55. The molecule has 0 radical (unpaired) electrons. The largest absolute Gasteiger partial charge is 0.354 e. The predicted molar refractivity (Wildman–Crippen MR) is 69.5 cm³/mol. The van der Waals surface area contributed by atoms with Crippen molar-refractivity contribution in [3.63, 3.8) is 0 Å². The topological polar surface area (TPSA) is 36.4 Å². The van der Waals surface area contributed by atoms with Crippen molar-refractivity contribution in [2.45, 2.75) is 13.0 Å². The van der Waals surface area contributed by atoms with E-state index in [2.05, 4.69) is 46.5 Å². The molecular weight excluding hydrogens is 198 g/mol. The highest BCUT2D eigenvalue weighted by Gasteiger charge is 1.89. The van der Waals surface area contributed by atoms with Crippen molar-refractivity contribution < 1.29 is 0 Å². The van der Waals surface area contributed by atoms with Crippen LogP contribution in [0.2, 0.25) is 0 Å². The Morgan fingerprint density at radius 2 is 2.06 bits per heavy atom. The van der Waals surface area contributed by atoms with Crippen LogP contribution >= 0.6 is 0 Å². The number of aliphatic imine (C=N–C) groups is 1. The zero-order valence-corrected chi connectivity index (χ0v) is 9.52. The summed E-state index contributed by atoms with van der Waals surface area (Å²) in [7, 11) is 0. The average molecular weight is 217 g/mol. The maximum Gasteiger partial charge on any atom is 0.0863 e. The molecule has 1 aromatic rings. The molecule has 0 saturated carbocycles. The molecular formula is C13H19N3. The summed E-state index contributed by atoms with van der Waals surface area (Å²) in [6, 6.07) is 10.4. The molecule has 0 unspecified atom stereocenters. The Morgan fingerprint density at radius 3 is 2.81 bits per heavy atom. The summed E-state index contributed by atoms with van der Waals surface area (Å²) in [6.07, 6.45) is 4.32. The van der Waals surface area contributed by atoms with Gasteiger partial charge in [-0.1, -0.05) is 36.9 Å². The van der Waals surface area contributed by atoms with Crippen LogP contribution in [0.3, 0.4) is 0 Å². The molecule has 0 aliphatic heterocycles. The standard InChI is InChI=1S/C13H19N3/c1-2-14-12-16-10-6-9-15-11-13-7-4-3-5-8-13/h2-5,7-8,12,15H,1,6,9-11H2,(H,14,16). The van der Waals surface area contributed by atoms with Crippen molar-refractivity contribution >= 4 is 6.34 Å². The minimum absolute atomic E-state index is 0.836. The Balaban J connectivity index is 1.98. The molecule has 0 aliphatic carbocycles. The normalized spacial score (nSPS) is 10.5. The van der Waals surface area contributed by atoms with Crippen LogP contribution in [0.5, 0.6) is 0 Å². The lowest BCUT2D eigenvalue weighted by Crippen LogP contribution is -2.15. The highest BCUT2D eigenvalue weighted by Crippen LogP contribution is 1.96. The van der Waals surface area contributed by atoms with Gasteiger partial charge in [0.15, 0.2) is 0 Å². The van der Waals surface area contributed by atoms with E-state index in [4.69, 9.17) is 0 Å². The monoisotopic (exact) mass is 217 g/mol. The molecule has 2 N–H and O–H groups in total. The fourth-order valence-corrected chi connectivity index (χ4v) is 1.29. The van der Waals surface area contributed by atoms with E-state index < -0.39 is 0 Å². The summed E-state index contributed by atoms with van der Waals surface area (Å²) in [5.41, 5.74) is 1.32. The van der Waals surface area contributed by atoms with Gasteiger partial charge in [-0.3, -0.25) is 4.99 Å². The molecule has 1 rings (SSSR count). The molecule has 0 bridgehead atoms. The van der Waals surface area contributed by atoms with Crippen molar-refractivity contribution in [2.24, 2.45) is 4.99 Å². The van der Waals surface area contributed by atoms with Crippen LogP contribution in [0.4, 0.5) is 0 Å². The third-order valence-corrected chi connectivity index (χ3v) is 2.10. The van der Waals surface area contributed by atoms with Gasteiger partial charge in [0, 0.05) is 13.1 Å². The third-order valence-electron chi connectivity index (χ3n) is 2.10. The quantitative estimate of drug-likeness (QED) is 0.396. The second-order valence-electron chi connectivity index (χ2n) is 3.42. The van der Waals surface area contributed by atoms with Gasteiger partial charge in [-0.05, 0) is 24.7 Å². The lowest BCUT2D eigenvalue weighted by Gasteiger charge is -2.03. The van der Waals surface area contributed by atoms with Gasteiger partial charge in [0.1, 0.15) is 0 Å². The van der Waals surface area contributed by atoms with E-state index in [-0.39, 0.29) is 0 Å². The van der Waals surface area contributed by atoms with Crippen molar-refractivity contribution in [2.75, 3.05) is 13.1 Å². The molecule has 0 spiro atoms. The number of hydrogen-bond acceptors (Lipinski definition) is 2. The Hall–Kier alpha value is -1.61. The van der Waals surface area contributed by atoms with Gasteiger partial charge in [0.05, 0.1) is 6.34 Å². The number of hydrogen-bond donors (Lipinski definition) is 2. The van der Waals surface area contributed by atoms with Crippen LogP contribution in [-0.4, -0.2) is 19.4 Å². The number of nitrogens with one attached hydrogen (secondary N) is 2. The van der Waals surface area contributed by atoms with E-state index >= 15 is 0 Å². The van der Waals surface area contributed by atoms with Crippen molar-refractivity contribution in [3.05, 3.63) is 48.7 Å². The fraction of sp³-hybridized carbons (Fsp3) is 0.308. The first kappa shape index (κ1) is 12.5. The van der Waals surface area contributed by atoms with E-state index in [0.717, 1.165) is 26.1 Å². The van der Waals surface area contributed by atoms with E-state index in [0.29, 0.717) is 0 Å². The lowest BCUT2D eigenvalue weighted by molar-refractivity contribution is 0.656. The molecule has 1 aromatic carbocycles. The van der Waals surface area contributed by atoms with Crippen LogP contribution in [0.25, 0.3) is 0 Å². The molecule has 0 fully saturated rings. The Bertz CT molecular complexity index is 306. The van der Waals surface area contributed by atoms with Gasteiger partial charge in [0.25, 0.3) is 0 Å². The summed E-state index contributed by atoms with van der Waals surface area (Å²) >= 11 is 0. The van der Waals surface area contributed by atoms with Crippen LogP contribution < -0.4 is 10.6 Å². The first-order valence-electron chi connectivity index (χ1n) is 5.53. The number of rotatable bonds is 8. The van der Waals surface area contributed by atoms with Crippen LogP contribution in [0.1, 0.15) is 12.0 Å². The van der Waals surface area contributed by atoms with Crippen LogP contribution in [-0.2, 0) is 6.54 Å². The smallest absolute Gasteiger partial charge is 0.0863 e. The first-order valence-corrected chi connectivity index (χ1v) is 5.53.